The van der Waals surface area contributed by atoms with E-state index in [-0.39, 0.29) is 6.10 Å². The van der Waals surface area contributed by atoms with Gasteiger partial charge in [0.05, 0.1) is 6.10 Å². The zero-order valence-corrected chi connectivity index (χ0v) is 27.8. The van der Waals surface area contributed by atoms with Crippen LogP contribution in [0.1, 0.15) is 120 Å². The van der Waals surface area contributed by atoms with Crippen molar-refractivity contribution < 1.29 is 14.7 Å². The Morgan fingerprint density at radius 1 is 0.511 bits per heavy atom. The fraction of sp³-hybridized carbons (Fsp3) is 0.364. The first kappa shape index (κ1) is 34.3. The van der Waals surface area contributed by atoms with Gasteiger partial charge >= 0.3 is 0 Å². The monoisotopic (exact) mass is 626 g/mol. The van der Waals surface area contributed by atoms with E-state index in [9.17, 15) is 14.7 Å². The molecule has 47 heavy (non-hydrogen) atoms. The van der Waals surface area contributed by atoms with Gasteiger partial charge < -0.3 is 5.11 Å². The Bertz CT molecular complexity index is 1630. The minimum Gasteiger partial charge on any atom is -0.388 e. The van der Waals surface area contributed by atoms with Gasteiger partial charge in [0.2, 0.25) is 0 Å². The number of aliphatic hydroxyl groups excluding tert-OH is 1. The van der Waals surface area contributed by atoms with Crippen LogP contribution in [-0.2, 0) is 36.9 Å². The molecule has 4 aliphatic rings. The van der Waals surface area contributed by atoms with Crippen LogP contribution in [0.2, 0.25) is 0 Å². The number of ketones is 2. The molecule has 4 aromatic carbocycles. The van der Waals surface area contributed by atoms with E-state index < -0.39 is 0 Å². The van der Waals surface area contributed by atoms with Gasteiger partial charge in [-0.15, -0.1) is 0 Å². The summed E-state index contributed by atoms with van der Waals surface area (Å²) in [4.78, 5) is 22.8. The van der Waals surface area contributed by atoms with Crippen molar-refractivity contribution in [2.24, 2.45) is 0 Å². The van der Waals surface area contributed by atoms with Crippen molar-refractivity contribution in [3.63, 3.8) is 0 Å². The lowest BCUT2D eigenvalue weighted by Gasteiger charge is -2.10. The van der Waals surface area contributed by atoms with Crippen molar-refractivity contribution in [2.75, 3.05) is 0 Å². The number of aryl methyl sites for hydroxylation is 4. The average Bonchev–Trinajstić information content (AvgIpc) is 3.62. The largest absolute Gasteiger partial charge is 0.388 e. The molecule has 1 N–H and O–H groups in total. The van der Waals surface area contributed by atoms with Gasteiger partial charge in [0.25, 0.3) is 0 Å². The predicted molar refractivity (Wildman–Crippen MR) is 194 cm³/mol. The Morgan fingerprint density at radius 2 is 1.11 bits per heavy atom. The van der Waals surface area contributed by atoms with Crippen LogP contribution in [0.5, 0.6) is 0 Å². The molecule has 0 amide bonds. The van der Waals surface area contributed by atoms with Gasteiger partial charge in [-0.3, -0.25) is 9.59 Å². The summed E-state index contributed by atoms with van der Waals surface area (Å²) in [5.41, 5.74) is 10.2. The maximum absolute atomic E-state index is 11.5. The van der Waals surface area contributed by atoms with Crippen LogP contribution >= 0.6 is 0 Å². The summed E-state index contributed by atoms with van der Waals surface area (Å²) in [5, 5.41) is 9.74. The lowest BCUT2D eigenvalue weighted by molar-refractivity contribution is -0.118. The Hall–Kier alpha value is -4.08. The Kier molecular flexibility index (Phi) is 13.3. The minimum atomic E-state index is -0.219. The fourth-order valence-electron chi connectivity index (χ4n) is 6.94. The van der Waals surface area contributed by atoms with Crippen molar-refractivity contribution in [1.29, 1.82) is 0 Å². The van der Waals surface area contributed by atoms with Crippen LogP contribution in [0.25, 0.3) is 6.08 Å². The molecular weight excluding hydrogens is 576 g/mol. The number of carbonyl (C=O) groups excluding carboxylic acids is 2. The van der Waals surface area contributed by atoms with Crippen LogP contribution in [-0.4, -0.2) is 16.7 Å². The third-order valence-electron chi connectivity index (χ3n) is 9.58. The number of carbonyl (C=O) groups is 2. The van der Waals surface area contributed by atoms with Gasteiger partial charge in [-0.25, -0.2) is 0 Å². The molecule has 0 fully saturated rings. The number of fused-ring (bicyclic) bond motifs is 4. The standard InChI is InChI=1S/C11H14O.2C11H12O.C11H12/c2*12-11-8-4-2-6-9-5-1-3-7-10(9)11;12-11-7-3-6-9-4-1-2-5-10(9)8-11;1-2-6-10-8-4-5-9-11(10)7-3-1/h1,3,5,7,11-12H,2,4,6,8H2;1,3,5,7H,2,4,6,8H2;1-2,4-5H,3,6-8H2;2,4-6,8-9H,1,3,7H2. The zero-order chi connectivity index (χ0) is 32.7. The Morgan fingerprint density at radius 3 is 1.96 bits per heavy atom. The second-order valence-corrected chi connectivity index (χ2v) is 13.1. The van der Waals surface area contributed by atoms with Crippen molar-refractivity contribution in [3.05, 3.63) is 148 Å². The van der Waals surface area contributed by atoms with Gasteiger partial charge in [0, 0.05) is 24.8 Å². The van der Waals surface area contributed by atoms with Crippen LogP contribution in [0.3, 0.4) is 0 Å². The number of allylic oxidation sites excluding steroid dienone is 1. The molecule has 1 atom stereocenters. The number of hydrogen-bond donors (Lipinski definition) is 1. The molecule has 244 valence electrons. The van der Waals surface area contributed by atoms with Crippen molar-refractivity contribution in [3.8, 4) is 0 Å². The first-order valence-corrected chi connectivity index (χ1v) is 17.8. The molecule has 0 saturated carbocycles. The maximum Gasteiger partial charge on any atom is 0.163 e. The molecule has 0 heterocycles. The highest BCUT2D eigenvalue weighted by Crippen LogP contribution is 2.28. The lowest BCUT2D eigenvalue weighted by atomic mass is 10.0. The molecule has 0 spiro atoms. The van der Waals surface area contributed by atoms with E-state index in [1.807, 2.05) is 36.4 Å². The van der Waals surface area contributed by atoms with E-state index in [0.717, 1.165) is 75.3 Å². The van der Waals surface area contributed by atoms with Crippen molar-refractivity contribution in [1.82, 2.24) is 0 Å². The smallest absolute Gasteiger partial charge is 0.163 e. The van der Waals surface area contributed by atoms with Crippen molar-refractivity contribution >= 4 is 17.6 Å². The minimum absolute atomic E-state index is 0.219. The molecule has 8 rings (SSSR count). The summed E-state index contributed by atoms with van der Waals surface area (Å²) < 4.78 is 0. The molecule has 3 heteroatoms. The SMILES string of the molecule is C1=Cc2ccccc2CCC1.O=C1CCCCc2ccccc21.O=C1CCCc2ccccc2C1.OC1CCCCc2ccccc21. The summed E-state index contributed by atoms with van der Waals surface area (Å²) in [7, 11) is 0. The number of rotatable bonds is 0. The molecule has 1 unspecified atom stereocenters. The third kappa shape index (κ3) is 10.5. The highest BCUT2D eigenvalue weighted by Gasteiger charge is 2.15. The second kappa shape index (κ2) is 18.3. The van der Waals surface area contributed by atoms with E-state index >= 15 is 0 Å². The van der Waals surface area contributed by atoms with Crippen LogP contribution in [0.15, 0.2) is 103 Å². The zero-order valence-electron chi connectivity index (χ0n) is 27.8. The first-order valence-electron chi connectivity index (χ1n) is 17.8. The van der Waals surface area contributed by atoms with E-state index in [1.165, 1.54) is 59.1 Å². The predicted octanol–water partition coefficient (Wildman–Crippen LogP) is 10.2. The summed E-state index contributed by atoms with van der Waals surface area (Å²) in [5.74, 6) is 0.711. The second-order valence-electron chi connectivity index (χ2n) is 13.1. The van der Waals surface area contributed by atoms with E-state index in [0.29, 0.717) is 18.0 Å². The number of hydrogen-bond acceptors (Lipinski definition) is 3. The summed E-state index contributed by atoms with van der Waals surface area (Å²) >= 11 is 0. The normalized spacial score (nSPS) is 18.1. The molecule has 3 nitrogen and oxygen atoms in total. The van der Waals surface area contributed by atoms with Gasteiger partial charge in [-0.05, 0) is 110 Å². The molecule has 0 saturated heterocycles. The molecular formula is C44H50O3. The molecule has 0 bridgehead atoms. The fourth-order valence-corrected chi connectivity index (χ4v) is 6.94. The Balaban J connectivity index is 0.000000123. The molecule has 0 radical (unpaired) electrons. The molecule has 0 aliphatic heterocycles. The van der Waals surface area contributed by atoms with Crippen molar-refractivity contribution in [2.45, 2.75) is 102 Å². The van der Waals surface area contributed by atoms with Crippen LogP contribution in [0.4, 0.5) is 0 Å². The number of benzene rings is 4. The summed E-state index contributed by atoms with van der Waals surface area (Å²) in [6.07, 6.45) is 20.0. The van der Waals surface area contributed by atoms with Crippen LogP contribution in [0, 0.1) is 0 Å². The van der Waals surface area contributed by atoms with Gasteiger partial charge in [-0.1, -0.05) is 116 Å². The average molecular weight is 627 g/mol. The van der Waals surface area contributed by atoms with E-state index in [4.69, 9.17) is 0 Å². The third-order valence-corrected chi connectivity index (χ3v) is 9.58. The Labute approximate surface area is 281 Å². The van der Waals surface area contributed by atoms with Crippen LogP contribution < -0.4 is 0 Å². The van der Waals surface area contributed by atoms with Gasteiger partial charge in [0.1, 0.15) is 5.78 Å². The van der Waals surface area contributed by atoms with Gasteiger partial charge in [-0.2, -0.15) is 0 Å². The lowest BCUT2D eigenvalue weighted by Crippen LogP contribution is -1.99. The molecule has 4 aromatic rings. The maximum atomic E-state index is 11.5. The number of Topliss-reactive ketones (excluding diaryl/α,β-unsaturated/α-hetero) is 2. The number of aliphatic hydroxyl groups is 1. The molecule has 0 aromatic heterocycles. The van der Waals surface area contributed by atoms with E-state index in [2.05, 4.69) is 72.8 Å². The summed E-state index contributed by atoms with van der Waals surface area (Å²) in [6, 6.07) is 33.1. The highest BCUT2D eigenvalue weighted by atomic mass is 16.3. The quantitative estimate of drug-likeness (QED) is 0.198. The molecule has 4 aliphatic carbocycles. The van der Waals surface area contributed by atoms with Gasteiger partial charge in [0.15, 0.2) is 5.78 Å². The summed E-state index contributed by atoms with van der Waals surface area (Å²) in [6.45, 7) is 0. The first-order chi connectivity index (χ1) is 23.1. The highest BCUT2D eigenvalue weighted by molar-refractivity contribution is 5.97. The van der Waals surface area contributed by atoms with E-state index in [1.54, 1.807) is 0 Å². The topological polar surface area (TPSA) is 54.4 Å².